The number of fused-ring (bicyclic) bond motifs is 1. The van der Waals surface area contributed by atoms with Gasteiger partial charge in [0.1, 0.15) is 11.9 Å². The van der Waals surface area contributed by atoms with E-state index in [0.29, 0.717) is 12.1 Å². The second kappa shape index (κ2) is 3.62. The highest BCUT2D eigenvalue weighted by Crippen LogP contribution is 2.33. The van der Waals surface area contributed by atoms with Crippen LogP contribution in [0.3, 0.4) is 0 Å². The summed E-state index contributed by atoms with van der Waals surface area (Å²) in [4.78, 5) is 0. The Morgan fingerprint density at radius 2 is 2.29 bits per heavy atom. The van der Waals surface area contributed by atoms with Crippen LogP contribution in [0.5, 0.6) is 5.75 Å². The van der Waals surface area contributed by atoms with Gasteiger partial charge in [-0.25, -0.2) is 0 Å². The van der Waals surface area contributed by atoms with Crippen molar-refractivity contribution in [3.63, 3.8) is 0 Å². The minimum Gasteiger partial charge on any atom is -0.490 e. The summed E-state index contributed by atoms with van der Waals surface area (Å²) in [7, 11) is 1.99. The average molecular weight is 191 g/mol. The summed E-state index contributed by atoms with van der Waals surface area (Å²) in [6.45, 7) is 4.30. The maximum absolute atomic E-state index is 5.71. The summed E-state index contributed by atoms with van der Waals surface area (Å²) in [5.74, 6) is 1.07. The Morgan fingerprint density at radius 1 is 1.50 bits per heavy atom. The molecule has 2 heteroatoms. The van der Waals surface area contributed by atoms with Gasteiger partial charge in [-0.3, -0.25) is 0 Å². The molecule has 2 rings (SSSR count). The zero-order chi connectivity index (χ0) is 10.1. The van der Waals surface area contributed by atoms with Crippen LogP contribution in [0.4, 0.5) is 0 Å². The van der Waals surface area contributed by atoms with Crippen molar-refractivity contribution in [2.75, 3.05) is 7.05 Å². The third kappa shape index (κ3) is 1.50. The molecule has 1 heterocycles. The molecule has 1 aromatic rings. The monoisotopic (exact) mass is 191 g/mol. The SMILES string of the molecule is CNC(C)c1cccc2c1CC(C)O2. The fourth-order valence-electron chi connectivity index (χ4n) is 2.02. The van der Waals surface area contributed by atoms with Crippen molar-refractivity contribution in [1.29, 1.82) is 0 Å². The van der Waals surface area contributed by atoms with E-state index in [1.54, 1.807) is 0 Å². The molecule has 0 saturated carbocycles. The van der Waals surface area contributed by atoms with E-state index < -0.39 is 0 Å². The van der Waals surface area contributed by atoms with Gasteiger partial charge in [-0.1, -0.05) is 12.1 Å². The smallest absolute Gasteiger partial charge is 0.123 e. The molecule has 0 bridgehead atoms. The summed E-state index contributed by atoms with van der Waals surface area (Å²) in [6, 6.07) is 6.71. The predicted octanol–water partition coefficient (Wildman–Crippen LogP) is 2.29. The average Bonchev–Trinajstić information content (AvgIpc) is 2.56. The fraction of sp³-hybridized carbons (Fsp3) is 0.500. The second-order valence-electron chi connectivity index (χ2n) is 3.97. The number of hydrogen-bond acceptors (Lipinski definition) is 2. The molecule has 2 unspecified atom stereocenters. The topological polar surface area (TPSA) is 21.3 Å². The first-order valence-electron chi connectivity index (χ1n) is 5.18. The molecule has 0 aliphatic carbocycles. The molecule has 0 saturated heterocycles. The molecule has 1 aliphatic rings. The van der Waals surface area contributed by atoms with Gasteiger partial charge in [0.15, 0.2) is 0 Å². The number of nitrogens with one attached hydrogen (secondary N) is 1. The van der Waals surface area contributed by atoms with Gasteiger partial charge in [-0.2, -0.15) is 0 Å². The van der Waals surface area contributed by atoms with E-state index in [9.17, 15) is 0 Å². The highest BCUT2D eigenvalue weighted by Gasteiger charge is 2.22. The first kappa shape index (κ1) is 9.53. The summed E-state index contributed by atoms with van der Waals surface area (Å²) < 4.78 is 5.71. The molecule has 1 aromatic carbocycles. The number of benzene rings is 1. The molecule has 76 valence electrons. The number of rotatable bonds is 2. The lowest BCUT2D eigenvalue weighted by atomic mass is 9.98. The molecule has 1 aliphatic heterocycles. The highest BCUT2D eigenvalue weighted by atomic mass is 16.5. The van der Waals surface area contributed by atoms with Crippen LogP contribution in [-0.4, -0.2) is 13.2 Å². The third-order valence-electron chi connectivity index (χ3n) is 2.89. The van der Waals surface area contributed by atoms with Crippen LogP contribution in [0, 0.1) is 0 Å². The molecule has 0 spiro atoms. The molecule has 0 fully saturated rings. The second-order valence-corrected chi connectivity index (χ2v) is 3.97. The van der Waals surface area contributed by atoms with Crippen molar-refractivity contribution in [2.45, 2.75) is 32.4 Å². The first-order chi connectivity index (χ1) is 6.72. The van der Waals surface area contributed by atoms with E-state index in [1.807, 2.05) is 7.05 Å². The minimum atomic E-state index is 0.329. The maximum atomic E-state index is 5.71. The van der Waals surface area contributed by atoms with E-state index >= 15 is 0 Å². The Hall–Kier alpha value is -1.02. The van der Waals surface area contributed by atoms with Crippen molar-refractivity contribution in [2.24, 2.45) is 0 Å². The summed E-state index contributed by atoms with van der Waals surface area (Å²) in [5.41, 5.74) is 2.75. The molecule has 1 N–H and O–H groups in total. The van der Waals surface area contributed by atoms with Gasteiger partial charge < -0.3 is 10.1 Å². The maximum Gasteiger partial charge on any atom is 0.123 e. The Morgan fingerprint density at radius 3 is 3.00 bits per heavy atom. The van der Waals surface area contributed by atoms with Crippen molar-refractivity contribution in [1.82, 2.24) is 5.32 Å². The van der Waals surface area contributed by atoms with Crippen LogP contribution in [0.15, 0.2) is 18.2 Å². The van der Waals surface area contributed by atoms with Gasteiger partial charge in [0, 0.05) is 18.0 Å². The van der Waals surface area contributed by atoms with Crippen LogP contribution in [0.25, 0.3) is 0 Å². The summed E-state index contributed by atoms with van der Waals surface area (Å²) in [5, 5.41) is 3.27. The lowest BCUT2D eigenvalue weighted by molar-refractivity contribution is 0.254. The minimum absolute atomic E-state index is 0.329. The molecule has 0 amide bonds. The Balaban J connectivity index is 2.39. The van der Waals surface area contributed by atoms with Crippen LogP contribution < -0.4 is 10.1 Å². The molecule has 14 heavy (non-hydrogen) atoms. The molecule has 2 nitrogen and oxygen atoms in total. The standard InChI is InChI=1S/C12H17NO/c1-8-7-11-10(9(2)13-3)5-4-6-12(11)14-8/h4-6,8-9,13H,7H2,1-3H3. The van der Waals surface area contributed by atoms with E-state index in [-0.39, 0.29) is 0 Å². The molecular formula is C12H17NO. The zero-order valence-electron chi connectivity index (χ0n) is 9.00. The van der Waals surface area contributed by atoms with E-state index in [1.165, 1.54) is 11.1 Å². The van der Waals surface area contributed by atoms with Gasteiger partial charge in [0.2, 0.25) is 0 Å². The molecule has 0 aromatic heterocycles. The van der Waals surface area contributed by atoms with Crippen LogP contribution >= 0.6 is 0 Å². The van der Waals surface area contributed by atoms with Gasteiger partial charge in [0.05, 0.1) is 0 Å². The first-order valence-corrected chi connectivity index (χ1v) is 5.18. The molecule has 0 radical (unpaired) electrons. The Labute approximate surface area is 85.3 Å². The van der Waals surface area contributed by atoms with Gasteiger partial charge in [0.25, 0.3) is 0 Å². The van der Waals surface area contributed by atoms with E-state index in [0.717, 1.165) is 12.2 Å². The predicted molar refractivity (Wildman–Crippen MR) is 57.7 cm³/mol. The van der Waals surface area contributed by atoms with Crippen molar-refractivity contribution < 1.29 is 4.74 Å². The quantitative estimate of drug-likeness (QED) is 0.774. The van der Waals surface area contributed by atoms with Gasteiger partial charge in [-0.15, -0.1) is 0 Å². The Kier molecular flexibility index (Phi) is 2.46. The number of ether oxygens (including phenoxy) is 1. The highest BCUT2D eigenvalue weighted by molar-refractivity contribution is 5.44. The van der Waals surface area contributed by atoms with Crippen molar-refractivity contribution in [3.05, 3.63) is 29.3 Å². The normalized spacial score (nSPS) is 21.5. The fourth-order valence-corrected chi connectivity index (χ4v) is 2.02. The van der Waals surface area contributed by atoms with Crippen LogP contribution in [-0.2, 0) is 6.42 Å². The Bertz CT molecular complexity index is 335. The lowest BCUT2D eigenvalue weighted by Gasteiger charge is -2.13. The van der Waals surface area contributed by atoms with Crippen molar-refractivity contribution >= 4 is 0 Å². The lowest BCUT2D eigenvalue weighted by Crippen LogP contribution is -2.14. The molecule has 2 atom stereocenters. The number of hydrogen-bond donors (Lipinski definition) is 1. The van der Waals surface area contributed by atoms with Gasteiger partial charge >= 0.3 is 0 Å². The zero-order valence-corrected chi connectivity index (χ0v) is 9.00. The van der Waals surface area contributed by atoms with Gasteiger partial charge in [-0.05, 0) is 32.5 Å². The van der Waals surface area contributed by atoms with Crippen LogP contribution in [0.2, 0.25) is 0 Å². The summed E-state index contributed by atoms with van der Waals surface area (Å²) in [6.07, 6.45) is 1.37. The van der Waals surface area contributed by atoms with E-state index in [4.69, 9.17) is 4.74 Å². The van der Waals surface area contributed by atoms with Crippen LogP contribution in [0.1, 0.15) is 31.0 Å². The van der Waals surface area contributed by atoms with Crippen molar-refractivity contribution in [3.8, 4) is 5.75 Å². The summed E-state index contributed by atoms with van der Waals surface area (Å²) >= 11 is 0. The van der Waals surface area contributed by atoms with E-state index in [2.05, 4.69) is 37.4 Å². The third-order valence-corrected chi connectivity index (χ3v) is 2.89. The largest absolute Gasteiger partial charge is 0.490 e. The molecular weight excluding hydrogens is 174 g/mol.